The number of carbonyl (C=O) groups is 1. The summed E-state index contributed by atoms with van der Waals surface area (Å²) in [6, 6.07) is 9.59. The third-order valence-electron chi connectivity index (χ3n) is 3.26. The zero-order valence-corrected chi connectivity index (χ0v) is 11.3. The first kappa shape index (κ1) is 13.5. The Labute approximate surface area is 113 Å². The second-order valence-corrected chi connectivity index (χ2v) is 4.94. The van der Waals surface area contributed by atoms with Crippen molar-refractivity contribution in [3.05, 3.63) is 42.2 Å². The van der Waals surface area contributed by atoms with Crippen LogP contribution in [0.1, 0.15) is 24.3 Å². The predicted molar refractivity (Wildman–Crippen MR) is 76.9 cm³/mol. The van der Waals surface area contributed by atoms with Crippen LogP contribution < -0.4 is 11.1 Å². The summed E-state index contributed by atoms with van der Waals surface area (Å²) in [6.07, 6.45) is 1.66. The van der Waals surface area contributed by atoms with Crippen molar-refractivity contribution in [1.82, 2.24) is 10.3 Å². The molecule has 1 amide bonds. The summed E-state index contributed by atoms with van der Waals surface area (Å²) in [5.74, 6) is 0.130. The third kappa shape index (κ3) is 2.90. The highest BCUT2D eigenvalue weighted by molar-refractivity contribution is 6.05. The van der Waals surface area contributed by atoms with E-state index in [0.29, 0.717) is 18.2 Å². The van der Waals surface area contributed by atoms with E-state index in [1.165, 1.54) is 0 Å². The lowest BCUT2D eigenvalue weighted by Crippen LogP contribution is -2.43. The third-order valence-corrected chi connectivity index (χ3v) is 3.26. The van der Waals surface area contributed by atoms with Crippen molar-refractivity contribution >= 4 is 16.7 Å². The number of aromatic nitrogens is 1. The average Bonchev–Trinajstić information content (AvgIpc) is 2.43. The van der Waals surface area contributed by atoms with Gasteiger partial charge >= 0.3 is 0 Å². The summed E-state index contributed by atoms with van der Waals surface area (Å²) in [5.41, 5.74) is 6.13. The Morgan fingerprint density at radius 1 is 1.32 bits per heavy atom. The van der Waals surface area contributed by atoms with Crippen LogP contribution in [0.2, 0.25) is 0 Å². The van der Waals surface area contributed by atoms with E-state index in [0.717, 1.165) is 10.8 Å². The topological polar surface area (TPSA) is 68.0 Å². The SMILES string of the molecule is CC(C)C(CN)NC(=O)c1nccc2ccccc12. The Hall–Kier alpha value is -1.94. The lowest BCUT2D eigenvalue weighted by Gasteiger charge is -2.20. The number of nitrogens with one attached hydrogen (secondary N) is 1. The molecule has 1 aromatic heterocycles. The van der Waals surface area contributed by atoms with Crippen LogP contribution in [-0.2, 0) is 0 Å². The maximum atomic E-state index is 12.3. The lowest BCUT2D eigenvalue weighted by molar-refractivity contribution is 0.0924. The van der Waals surface area contributed by atoms with E-state index in [1.807, 2.05) is 44.2 Å². The van der Waals surface area contributed by atoms with Gasteiger partial charge in [0.1, 0.15) is 5.69 Å². The van der Waals surface area contributed by atoms with Crippen LogP contribution >= 0.6 is 0 Å². The van der Waals surface area contributed by atoms with Gasteiger partial charge in [0.15, 0.2) is 0 Å². The first-order valence-electron chi connectivity index (χ1n) is 6.48. The van der Waals surface area contributed by atoms with Gasteiger partial charge in [0.2, 0.25) is 0 Å². The van der Waals surface area contributed by atoms with E-state index in [9.17, 15) is 4.79 Å². The van der Waals surface area contributed by atoms with Crippen LogP contribution in [0.3, 0.4) is 0 Å². The maximum Gasteiger partial charge on any atom is 0.270 e. The fourth-order valence-corrected chi connectivity index (χ4v) is 2.04. The van der Waals surface area contributed by atoms with Crippen molar-refractivity contribution < 1.29 is 4.79 Å². The van der Waals surface area contributed by atoms with Crippen LogP contribution in [0.25, 0.3) is 10.8 Å². The highest BCUT2D eigenvalue weighted by atomic mass is 16.1. The van der Waals surface area contributed by atoms with Crippen molar-refractivity contribution in [3.63, 3.8) is 0 Å². The largest absolute Gasteiger partial charge is 0.346 e. The van der Waals surface area contributed by atoms with Gasteiger partial charge in [-0.3, -0.25) is 9.78 Å². The monoisotopic (exact) mass is 257 g/mol. The Bertz CT molecular complexity index is 575. The summed E-state index contributed by atoms with van der Waals surface area (Å²) in [4.78, 5) is 16.5. The van der Waals surface area contributed by atoms with E-state index in [1.54, 1.807) is 6.20 Å². The second kappa shape index (κ2) is 5.80. The van der Waals surface area contributed by atoms with Gasteiger partial charge in [-0.1, -0.05) is 38.1 Å². The minimum absolute atomic E-state index is 0.0340. The normalized spacial score (nSPS) is 12.6. The number of nitrogens with zero attached hydrogens (tertiary/aromatic N) is 1. The molecule has 3 N–H and O–H groups in total. The quantitative estimate of drug-likeness (QED) is 0.879. The molecule has 1 aromatic carbocycles. The van der Waals surface area contributed by atoms with Gasteiger partial charge in [0.05, 0.1) is 0 Å². The first-order valence-corrected chi connectivity index (χ1v) is 6.48. The number of benzene rings is 1. The van der Waals surface area contributed by atoms with E-state index in [-0.39, 0.29) is 11.9 Å². The average molecular weight is 257 g/mol. The molecule has 0 aliphatic rings. The van der Waals surface area contributed by atoms with Gasteiger partial charge in [-0.2, -0.15) is 0 Å². The van der Waals surface area contributed by atoms with Gasteiger partial charge in [-0.25, -0.2) is 0 Å². The minimum atomic E-state index is -0.166. The zero-order valence-electron chi connectivity index (χ0n) is 11.3. The first-order chi connectivity index (χ1) is 9.13. The molecule has 4 nitrogen and oxygen atoms in total. The molecule has 0 spiro atoms. The molecule has 1 atom stereocenters. The standard InChI is InChI=1S/C15H19N3O/c1-10(2)13(9-16)18-15(19)14-12-6-4-3-5-11(12)7-8-17-14/h3-8,10,13H,9,16H2,1-2H3,(H,18,19). The number of rotatable bonds is 4. The van der Waals surface area contributed by atoms with Crippen molar-refractivity contribution in [2.75, 3.05) is 6.54 Å². The Kier molecular flexibility index (Phi) is 4.12. The fourth-order valence-electron chi connectivity index (χ4n) is 2.04. The Balaban J connectivity index is 2.31. The molecule has 1 heterocycles. The highest BCUT2D eigenvalue weighted by Gasteiger charge is 2.17. The molecule has 2 aromatic rings. The predicted octanol–water partition coefficient (Wildman–Crippen LogP) is 1.95. The number of fused-ring (bicyclic) bond motifs is 1. The molecular weight excluding hydrogens is 238 g/mol. The number of pyridine rings is 1. The summed E-state index contributed by atoms with van der Waals surface area (Å²) in [5, 5.41) is 4.82. The van der Waals surface area contributed by atoms with E-state index < -0.39 is 0 Å². The van der Waals surface area contributed by atoms with Crippen molar-refractivity contribution in [3.8, 4) is 0 Å². The minimum Gasteiger partial charge on any atom is -0.346 e. The number of nitrogens with two attached hydrogens (primary N) is 1. The number of amides is 1. The van der Waals surface area contributed by atoms with Gasteiger partial charge in [-0.15, -0.1) is 0 Å². The summed E-state index contributed by atoms with van der Waals surface area (Å²) < 4.78 is 0. The molecule has 0 aliphatic carbocycles. The van der Waals surface area contributed by atoms with Gasteiger partial charge in [0, 0.05) is 24.2 Å². The molecule has 0 fully saturated rings. The molecule has 0 saturated heterocycles. The Morgan fingerprint density at radius 2 is 2.05 bits per heavy atom. The summed E-state index contributed by atoms with van der Waals surface area (Å²) in [7, 11) is 0. The van der Waals surface area contributed by atoms with Gasteiger partial charge in [-0.05, 0) is 17.4 Å². The Morgan fingerprint density at radius 3 is 2.74 bits per heavy atom. The molecule has 4 heteroatoms. The van der Waals surface area contributed by atoms with Gasteiger partial charge < -0.3 is 11.1 Å². The van der Waals surface area contributed by atoms with E-state index in [4.69, 9.17) is 5.73 Å². The van der Waals surface area contributed by atoms with Crippen LogP contribution in [0.4, 0.5) is 0 Å². The van der Waals surface area contributed by atoms with E-state index in [2.05, 4.69) is 10.3 Å². The molecule has 0 saturated carbocycles. The number of hydrogen-bond acceptors (Lipinski definition) is 3. The number of hydrogen-bond donors (Lipinski definition) is 2. The van der Waals surface area contributed by atoms with Crippen LogP contribution in [-0.4, -0.2) is 23.5 Å². The van der Waals surface area contributed by atoms with Crippen molar-refractivity contribution in [2.45, 2.75) is 19.9 Å². The number of carbonyl (C=O) groups excluding carboxylic acids is 1. The molecule has 0 bridgehead atoms. The highest BCUT2D eigenvalue weighted by Crippen LogP contribution is 2.16. The van der Waals surface area contributed by atoms with Crippen molar-refractivity contribution in [1.29, 1.82) is 0 Å². The van der Waals surface area contributed by atoms with Crippen LogP contribution in [0.15, 0.2) is 36.5 Å². The summed E-state index contributed by atoms with van der Waals surface area (Å²) >= 11 is 0. The molecule has 19 heavy (non-hydrogen) atoms. The second-order valence-electron chi connectivity index (χ2n) is 4.94. The maximum absolute atomic E-state index is 12.3. The molecule has 100 valence electrons. The van der Waals surface area contributed by atoms with Crippen LogP contribution in [0.5, 0.6) is 0 Å². The molecule has 2 rings (SSSR count). The summed E-state index contributed by atoms with van der Waals surface area (Å²) in [6.45, 7) is 4.50. The van der Waals surface area contributed by atoms with Crippen LogP contribution in [0, 0.1) is 5.92 Å². The van der Waals surface area contributed by atoms with E-state index >= 15 is 0 Å². The molecule has 0 aliphatic heterocycles. The fraction of sp³-hybridized carbons (Fsp3) is 0.333. The zero-order chi connectivity index (χ0) is 13.8. The van der Waals surface area contributed by atoms with Gasteiger partial charge in [0.25, 0.3) is 5.91 Å². The lowest BCUT2D eigenvalue weighted by atomic mass is 10.0. The molecular formula is C15H19N3O. The van der Waals surface area contributed by atoms with Crippen molar-refractivity contribution in [2.24, 2.45) is 11.7 Å². The molecule has 1 unspecified atom stereocenters. The molecule has 0 radical (unpaired) electrons. The smallest absolute Gasteiger partial charge is 0.270 e.